The van der Waals surface area contributed by atoms with Gasteiger partial charge in [-0.1, -0.05) is 13.3 Å². The van der Waals surface area contributed by atoms with Crippen LogP contribution >= 0.6 is 0 Å². The summed E-state index contributed by atoms with van der Waals surface area (Å²) in [5.74, 6) is 0. The van der Waals surface area contributed by atoms with E-state index in [1.165, 1.54) is 6.42 Å². The molecule has 0 aliphatic rings. The number of ether oxygens (including phenoxy) is 1. The number of unbranched alkanes of at least 4 members (excludes halogenated alkanes) is 2. The van der Waals surface area contributed by atoms with Crippen molar-refractivity contribution in [2.45, 2.75) is 39.0 Å². The van der Waals surface area contributed by atoms with Crippen LogP contribution in [0.3, 0.4) is 0 Å². The third kappa shape index (κ3) is 11.4. The summed E-state index contributed by atoms with van der Waals surface area (Å²) in [6, 6.07) is 2.13. The van der Waals surface area contributed by atoms with Crippen molar-refractivity contribution in [2.75, 3.05) is 26.3 Å². The van der Waals surface area contributed by atoms with E-state index < -0.39 is 0 Å². The van der Waals surface area contributed by atoms with Gasteiger partial charge in [-0.3, -0.25) is 0 Å². The zero-order chi connectivity index (χ0) is 10.5. The van der Waals surface area contributed by atoms with Crippen molar-refractivity contribution < 1.29 is 4.74 Å². The summed E-state index contributed by atoms with van der Waals surface area (Å²) in [5.41, 5.74) is 0. The van der Waals surface area contributed by atoms with Gasteiger partial charge in [0.1, 0.15) is 0 Å². The molecule has 0 aliphatic heterocycles. The lowest BCUT2D eigenvalue weighted by Gasteiger charge is -2.04. The van der Waals surface area contributed by atoms with Crippen LogP contribution in [0, 0.1) is 11.3 Å². The maximum absolute atomic E-state index is 8.29. The van der Waals surface area contributed by atoms with Gasteiger partial charge in [0.2, 0.25) is 0 Å². The third-order valence-corrected chi connectivity index (χ3v) is 1.93. The molecule has 0 heterocycles. The highest BCUT2D eigenvalue weighted by atomic mass is 16.5. The predicted octanol–water partition coefficient (Wildman–Crippen LogP) is 2.09. The molecule has 0 saturated carbocycles. The normalized spacial score (nSPS) is 10.0. The molecule has 0 aliphatic carbocycles. The summed E-state index contributed by atoms with van der Waals surface area (Å²) in [4.78, 5) is 0. The van der Waals surface area contributed by atoms with Gasteiger partial charge in [0.15, 0.2) is 0 Å². The van der Waals surface area contributed by atoms with Crippen LogP contribution in [0.1, 0.15) is 39.0 Å². The van der Waals surface area contributed by atoms with E-state index >= 15 is 0 Å². The zero-order valence-electron chi connectivity index (χ0n) is 9.22. The Balaban J connectivity index is 2.82. The van der Waals surface area contributed by atoms with Crippen molar-refractivity contribution in [3.8, 4) is 6.07 Å². The molecule has 0 amide bonds. The fraction of sp³-hybridized carbons (Fsp3) is 0.909. The Morgan fingerprint density at radius 1 is 1.14 bits per heavy atom. The van der Waals surface area contributed by atoms with Crippen LogP contribution < -0.4 is 5.32 Å². The van der Waals surface area contributed by atoms with Gasteiger partial charge in [0, 0.05) is 19.6 Å². The molecule has 0 aromatic carbocycles. The maximum Gasteiger partial charge on any atom is 0.0622 e. The first-order valence-electron chi connectivity index (χ1n) is 5.57. The van der Waals surface area contributed by atoms with Crippen LogP contribution in [-0.4, -0.2) is 26.3 Å². The van der Waals surface area contributed by atoms with E-state index in [2.05, 4.69) is 18.3 Å². The molecule has 0 rings (SSSR count). The lowest BCUT2D eigenvalue weighted by Crippen LogP contribution is -2.18. The molecule has 0 bridgehead atoms. The van der Waals surface area contributed by atoms with Crippen LogP contribution in [-0.2, 0) is 4.74 Å². The van der Waals surface area contributed by atoms with Crippen molar-refractivity contribution in [3.63, 3.8) is 0 Å². The first-order chi connectivity index (χ1) is 6.91. The molecule has 0 radical (unpaired) electrons. The monoisotopic (exact) mass is 198 g/mol. The summed E-state index contributed by atoms with van der Waals surface area (Å²) in [7, 11) is 0. The van der Waals surface area contributed by atoms with Crippen molar-refractivity contribution in [2.24, 2.45) is 0 Å². The number of hydrogen-bond donors (Lipinski definition) is 1. The van der Waals surface area contributed by atoms with Crippen molar-refractivity contribution in [3.05, 3.63) is 0 Å². The quantitative estimate of drug-likeness (QED) is 0.547. The molecule has 0 unspecified atom stereocenters. The van der Waals surface area contributed by atoms with E-state index in [0.29, 0.717) is 6.42 Å². The van der Waals surface area contributed by atoms with E-state index in [4.69, 9.17) is 10.00 Å². The number of rotatable bonds is 10. The van der Waals surface area contributed by atoms with Gasteiger partial charge in [-0.25, -0.2) is 0 Å². The van der Waals surface area contributed by atoms with Gasteiger partial charge in [-0.2, -0.15) is 5.26 Å². The highest BCUT2D eigenvalue weighted by Gasteiger charge is 1.89. The minimum absolute atomic E-state index is 0.653. The van der Waals surface area contributed by atoms with Gasteiger partial charge in [0.25, 0.3) is 0 Å². The van der Waals surface area contributed by atoms with Crippen LogP contribution in [0.15, 0.2) is 0 Å². The first kappa shape index (κ1) is 13.4. The molecule has 0 atom stereocenters. The zero-order valence-corrected chi connectivity index (χ0v) is 9.22. The molecule has 0 fully saturated rings. The lowest BCUT2D eigenvalue weighted by molar-refractivity contribution is 0.129. The van der Waals surface area contributed by atoms with E-state index in [1.54, 1.807) is 0 Å². The standard InChI is InChI=1S/C11H22N2O/c1-2-3-10-14-11-6-9-13-8-5-4-7-12/h13H,2-6,8-11H2,1H3. The van der Waals surface area contributed by atoms with Gasteiger partial charge in [0.05, 0.1) is 6.07 Å². The second kappa shape index (κ2) is 12.4. The Labute approximate surface area is 87.4 Å². The Morgan fingerprint density at radius 3 is 2.57 bits per heavy atom. The summed E-state index contributed by atoms with van der Waals surface area (Å²) < 4.78 is 5.41. The van der Waals surface area contributed by atoms with Gasteiger partial charge in [-0.05, 0) is 32.4 Å². The molecule has 0 spiro atoms. The van der Waals surface area contributed by atoms with Crippen LogP contribution in [0.2, 0.25) is 0 Å². The third-order valence-electron chi connectivity index (χ3n) is 1.93. The predicted molar refractivity (Wildman–Crippen MR) is 58.1 cm³/mol. The Morgan fingerprint density at radius 2 is 1.86 bits per heavy atom. The Kier molecular flexibility index (Phi) is 11.9. The highest BCUT2D eigenvalue weighted by molar-refractivity contribution is 4.68. The van der Waals surface area contributed by atoms with Crippen LogP contribution in [0.25, 0.3) is 0 Å². The van der Waals surface area contributed by atoms with Crippen LogP contribution in [0.5, 0.6) is 0 Å². The fourth-order valence-electron chi connectivity index (χ4n) is 1.07. The molecule has 3 heteroatoms. The number of nitriles is 1. The van der Waals surface area contributed by atoms with E-state index in [-0.39, 0.29) is 0 Å². The topological polar surface area (TPSA) is 45.0 Å². The SMILES string of the molecule is CCCCOCCCNCCCC#N. The smallest absolute Gasteiger partial charge is 0.0622 e. The van der Waals surface area contributed by atoms with Crippen LogP contribution in [0.4, 0.5) is 0 Å². The molecular formula is C11H22N2O. The van der Waals surface area contributed by atoms with E-state index in [0.717, 1.165) is 45.6 Å². The molecule has 0 aromatic heterocycles. The molecule has 14 heavy (non-hydrogen) atoms. The highest BCUT2D eigenvalue weighted by Crippen LogP contribution is 1.89. The maximum atomic E-state index is 8.29. The molecule has 1 N–H and O–H groups in total. The second-order valence-corrected chi connectivity index (χ2v) is 3.33. The second-order valence-electron chi connectivity index (χ2n) is 3.33. The molecular weight excluding hydrogens is 176 g/mol. The van der Waals surface area contributed by atoms with Gasteiger partial charge < -0.3 is 10.1 Å². The van der Waals surface area contributed by atoms with Crippen molar-refractivity contribution in [1.29, 1.82) is 5.26 Å². The minimum atomic E-state index is 0.653. The summed E-state index contributed by atoms with van der Waals surface area (Å²) in [6.07, 6.45) is 5.03. The number of hydrogen-bond acceptors (Lipinski definition) is 3. The largest absolute Gasteiger partial charge is 0.381 e. The Hall–Kier alpha value is -0.590. The summed E-state index contributed by atoms with van der Waals surface area (Å²) >= 11 is 0. The Bertz CT molecular complexity index is 143. The number of nitrogens with zero attached hydrogens (tertiary/aromatic N) is 1. The molecule has 82 valence electrons. The fourth-order valence-corrected chi connectivity index (χ4v) is 1.07. The number of nitrogens with one attached hydrogen (secondary N) is 1. The van der Waals surface area contributed by atoms with Crippen molar-refractivity contribution >= 4 is 0 Å². The average molecular weight is 198 g/mol. The first-order valence-corrected chi connectivity index (χ1v) is 5.57. The van der Waals surface area contributed by atoms with Crippen molar-refractivity contribution in [1.82, 2.24) is 5.32 Å². The molecule has 0 aromatic rings. The summed E-state index contributed by atoms with van der Waals surface area (Å²) in [5, 5.41) is 11.6. The summed E-state index contributed by atoms with van der Waals surface area (Å²) in [6.45, 7) is 5.86. The molecule has 0 saturated heterocycles. The minimum Gasteiger partial charge on any atom is -0.381 e. The lowest BCUT2D eigenvalue weighted by atomic mass is 10.3. The van der Waals surface area contributed by atoms with Gasteiger partial charge >= 0.3 is 0 Å². The van der Waals surface area contributed by atoms with E-state index in [9.17, 15) is 0 Å². The van der Waals surface area contributed by atoms with Gasteiger partial charge in [-0.15, -0.1) is 0 Å². The molecule has 3 nitrogen and oxygen atoms in total. The average Bonchev–Trinajstić information content (AvgIpc) is 2.21. The van der Waals surface area contributed by atoms with E-state index in [1.807, 2.05) is 0 Å².